The van der Waals surface area contributed by atoms with Gasteiger partial charge in [0.25, 0.3) is 5.91 Å². The second kappa shape index (κ2) is 6.66. The molecule has 1 rings (SSSR count). The molecule has 106 valence electrons. The van der Waals surface area contributed by atoms with Crippen molar-refractivity contribution < 1.29 is 13.2 Å². The molecule has 0 fully saturated rings. The SMILES string of the molecule is CNS(=O)(=O)CCNC(=O)c1cnc(NN)c(Cl)c1. The molecule has 0 saturated carbocycles. The molecule has 0 atom stereocenters. The molecule has 0 spiro atoms. The molecular formula is C9H14ClN5O3S. The van der Waals surface area contributed by atoms with Crippen LogP contribution in [0.25, 0.3) is 0 Å². The largest absolute Gasteiger partial charge is 0.351 e. The maximum absolute atomic E-state index is 11.7. The van der Waals surface area contributed by atoms with Crippen LogP contribution >= 0.6 is 11.6 Å². The highest BCUT2D eigenvalue weighted by Gasteiger charge is 2.11. The number of hydrogen-bond acceptors (Lipinski definition) is 6. The number of carbonyl (C=O) groups is 1. The summed E-state index contributed by atoms with van der Waals surface area (Å²) in [7, 11) is -2.04. The number of hydrazine groups is 1. The highest BCUT2D eigenvalue weighted by atomic mass is 35.5. The number of nitrogens with one attached hydrogen (secondary N) is 3. The van der Waals surface area contributed by atoms with E-state index >= 15 is 0 Å². The molecule has 19 heavy (non-hydrogen) atoms. The molecule has 0 radical (unpaired) electrons. The van der Waals surface area contributed by atoms with Crippen molar-refractivity contribution in [1.29, 1.82) is 0 Å². The minimum absolute atomic E-state index is 0.0173. The molecule has 1 heterocycles. The Morgan fingerprint density at radius 1 is 1.53 bits per heavy atom. The Bertz CT molecular complexity index is 563. The van der Waals surface area contributed by atoms with Gasteiger partial charge in [0.05, 0.1) is 16.3 Å². The van der Waals surface area contributed by atoms with Crippen molar-refractivity contribution in [3.05, 3.63) is 22.8 Å². The predicted octanol–water partition coefficient (Wildman–Crippen LogP) is -0.700. The molecule has 5 N–H and O–H groups in total. The van der Waals surface area contributed by atoms with E-state index in [4.69, 9.17) is 17.4 Å². The fourth-order valence-electron chi connectivity index (χ4n) is 1.17. The number of hydrogen-bond donors (Lipinski definition) is 4. The van der Waals surface area contributed by atoms with Crippen molar-refractivity contribution in [3.8, 4) is 0 Å². The molecule has 0 aliphatic rings. The van der Waals surface area contributed by atoms with Gasteiger partial charge in [-0.15, -0.1) is 0 Å². The third-order valence-corrected chi connectivity index (χ3v) is 3.86. The Balaban J connectivity index is 2.62. The zero-order valence-corrected chi connectivity index (χ0v) is 11.7. The number of halogens is 1. The molecular weight excluding hydrogens is 294 g/mol. The number of amides is 1. The van der Waals surface area contributed by atoms with Crippen LogP contribution in [-0.2, 0) is 10.0 Å². The van der Waals surface area contributed by atoms with Gasteiger partial charge in [-0.25, -0.2) is 24.0 Å². The van der Waals surface area contributed by atoms with Gasteiger partial charge in [-0.2, -0.15) is 0 Å². The average molecular weight is 308 g/mol. The molecule has 0 unspecified atom stereocenters. The van der Waals surface area contributed by atoms with Crippen LogP contribution in [0.2, 0.25) is 5.02 Å². The number of aromatic nitrogens is 1. The van der Waals surface area contributed by atoms with Crippen molar-refractivity contribution in [2.45, 2.75) is 0 Å². The molecule has 10 heteroatoms. The third kappa shape index (κ3) is 4.63. The number of carbonyl (C=O) groups excluding carboxylic acids is 1. The van der Waals surface area contributed by atoms with Crippen LogP contribution in [-0.4, -0.2) is 38.7 Å². The maximum Gasteiger partial charge on any atom is 0.252 e. The molecule has 0 saturated heterocycles. The highest BCUT2D eigenvalue weighted by molar-refractivity contribution is 7.89. The summed E-state index contributed by atoms with van der Waals surface area (Å²) in [6.07, 6.45) is 1.28. The summed E-state index contributed by atoms with van der Waals surface area (Å²) < 4.78 is 24.4. The first-order chi connectivity index (χ1) is 8.89. The van der Waals surface area contributed by atoms with Crippen LogP contribution in [0.1, 0.15) is 10.4 Å². The molecule has 0 aromatic carbocycles. The highest BCUT2D eigenvalue weighted by Crippen LogP contribution is 2.18. The van der Waals surface area contributed by atoms with E-state index in [0.717, 1.165) is 0 Å². The van der Waals surface area contributed by atoms with Crippen molar-refractivity contribution >= 4 is 33.3 Å². The van der Waals surface area contributed by atoms with E-state index in [2.05, 4.69) is 20.4 Å². The van der Waals surface area contributed by atoms with E-state index in [-0.39, 0.29) is 28.7 Å². The monoisotopic (exact) mass is 307 g/mol. The van der Waals surface area contributed by atoms with Gasteiger partial charge in [-0.1, -0.05) is 11.6 Å². The van der Waals surface area contributed by atoms with Gasteiger partial charge in [0, 0.05) is 12.7 Å². The van der Waals surface area contributed by atoms with Crippen molar-refractivity contribution in [3.63, 3.8) is 0 Å². The Labute approximate surface area is 115 Å². The normalized spacial score (nSPS) is 11.1. The topological polar surface area (TPSA) is 126 Å². The fourth-order valence-corrected chi connectivity index (χ4v) is 1.97. The first-order valence-electron chi connectivity index (χ1n) is 5.21. The summed E-state index contributed by atoms with van der Waals surface area (Å²) >= 11 is 5.81. The minimum Gasteiger partial charge on any atom is -0.351 e. The van der Waals surface area contributed by atoms with E-state index in [1.807, 2.05) is 0 Å². The van der Waals surface area contributed by atoms with Gasteiger partial charge in [-0.3, -0.25) is 4.79 Å². The van der Waals surface area contributed by atoms with Crippen molar-refractivity contribution in [2.24, 2.45) is 5.84 Å². The van der Waals surface area contributed by atoms with Crippen LogP contribution in [0.4, 0.5) is 5.82 Å². The lowest BCUT2D eigenvalue weighted by Crippen LogP contribution is -2.33. The lowest BCUT2D eigenvalue weighted by atomic mass is 10.2. The Kier molecular flexibility index (Phi) is 5.48. The van der Waals surface area contributed by atoms with Crippen molar-refractivity contribution in [2.75, 3.05) is 24.8 Å². The Morgan fingerprint density at radius 3 is 2.74 bits per heavy atom. The zero-order valence-electron chi connectivity index (χ0n) is 10.1. The predicted molar refractivity (Wildman–Crippen MR) is 72.2 cm³/mol. The minimum atomic E-state index is -3.35. The van der Waals surface area contributed by atoms with E-state index in [1.54, 1.807) is 0 Å². The number of nitrogens with zero attached hydrogens (tertiary/aromatic N) is 1. The Hall–Kier alpha value is -1.42. The van der Waals surface area contributed by atoms with Gasteiger partial charge in [0.2, 0.25) is 10.0 Å². The number of sulfonamides is 1. The number of rotatable bonds is 6. The molecule has 1 aromatic heterocycles. The first kappa shape index (κ1) is 15.6. The summed E-state index contributed by atoms with van der Waals surface area (Å²) in [6.45, 7) is -0.0173. The number of anilines is 1. The fraction of sp³-hybridized carbons (Fsp3) is 0.333. The van der Waals surface area contributed by atoms with E-state index in [0.29, 0.717) is 0 Å². The van der Waals surface area contributed by atoms with Crippen LogP contribution in [0.5, 0.6) is 0 Å². The standard InChI is InChI=1S/C9H14ClN5O3S/c1-12-19(17,18)3-2-13-9(16)6-4-7(10)8(15-11)14-5-6/h4-5,12H,2-3,11H2,1H3,(H,13,16)(H,14,15). The lowest BCUT2D eigenvalue weighted by Gasteiger charge is -2.07. The van der Waals surface area contributed by atoms with Crippen LogP contribution < -0.4 is 21.3 Å². The number of nitrogens with two attached hydrogens (primary N) is 1. The zero-order chi connectivity index (χ0) is 14.5. The summed E-state index contributed by atoms with van der Waals surface area (Å²) in [5.74, 6) is 4.72. The number of nitrogen functional groups attached to an aromatic ring is 1. The van der Waals surface area contributed by atoms with E-state index in [1.165, 1.54) is 19.3 Å². The maximum atomic E-state index is 11.7. The first-order valence-corrected chi connectivity index (χ1v) is 7.24. The Morgan fingerprint density at radius 2 is 2.21 bits per heavy atom. The molecule has 1 aromatic rings. The van der Waals surface area contributed by atoms with Crippen LogP contribution in [0, 0.1) is 0 Å². The summed E-state index contributed by atoms with van der Waals surface area (Å²) in [6, 6.07) is 1.38. The summed E-state index contributed by atoms with van der Waals surface area (Å²) in [5, 5.41) is 2.64. The van der Waals surface area contributed by atoms with Gasteiger partial charge in [0.15, 0.2) is 5.82 Å². The molecule has 8 nitrogen and oxygen atoms in total. The van der Waals surface area contributed by atoms with Crippen LogP contribution in [0.3, 0.4) is 0 Å². The molecule has 1 amide bonds. The molecule has 0 bridgehead atoms. The van der Waals surface area contributed by atoms with E-state index in [9.17, 15) is 13.2 Å². The van der Waals surface area contributed by atoms with E-state index < -0.39 is 15.9 Å². The average Bonchev–Trinajstić information content (AvgIpc) is 2.38. The van der Waals surface area contributed by atoms with Gasteiger partial charge in [-0.05, 0) is 13.1 Å². The number of pyridine rings is 1. The van der Waals surface area contributed by atoms with Crippen molar-refractivity contribution in [1.82, 2.24) is 15.0 Å². The summed E-state index contributed by atoms with van der Waals surface area (Å²) in [4.78, 5) is 15.5. The molecule has 0 aliphatic heterocycles. The third-order valence-electron chi connectivity index (χ3n) is 2.21. The summed E-state index contributed by atoms with van der Waals surface area (Å²) in [5.41, 5.74) is 2.48. The lowest BCUT2D eigenvalue weighted by molar-refractivity contribution is 0.0956. The smallest absolute Gasteiger partial charge is 0.252 e. The molecule has 0 aliphatic carbocycles. The second-order valence-electron chi connectivity index (χ2n) is 3.48. The second-order valence-corrected chi connectivity index (χ2v) is 5.93. The van der Waals surface area contributed by atoms with Gasteiger partial charge < -0.3 is 10.7 Å². The van der Waals surface area contributed by atoms with Gasteiger partial charge in [0.1, 0.15) is 0 Å². The quantitative estimate of drug-likeness (QED) is 0.407. The van der Waals surface area contributed by atoms with Crippen LogP contribution in [0.15, 0.2) is 12.3 Å². The van der Waals surface area contributed by atoms with Gasteiger partial charge >= 0.3 is 0 Å².